The first-order chi connectivity index (χ1) is 13.8. The van der Waals surface area contributed by atoms with E-state index in [1.165, 1.54) is 0 Å². The smallest absolute Gasteiger partial charge is 0.371 e. The molecule has 1 amide bonds. The minimum Gasteiger partial charge on any atom is -0.371 e. The Balaban J connectivity index is 1.45. The fraction of sp³-hybridized carbons (Fsp3) is 0.409. The molecule has 2 aromatic carbocycles. The zero-order valence-corrected chi connectivity index (χ0v) is 16.3. The van der Waals surface area contributed by atoms with Crippen LogP contribution in [0.5, 0.6) is 0 Å². The number of piperidine rings is 1. The third-order valence-corrected chi connectivity index (χ3v) is 5.89. The monoisotopic (exact) mass is 403 g/mol. The predicted molar refractivity (Wildman–Crippen MR) is 108 cm³/mol. The lowest BCUT2D eigenvalue weighted by Gasteiger charge is -2.45. The molecule has 2 heterocycles. The zero-order valence-electron chi connectivity index (χ0n) is 16.3. The van der Waals surface area contributed by atoms with Gasteiger partial charge in [0.1, 0.15) is 0 Å². The molecule has 2 aliphatic rings. The van der Waals surface area contributed by atoms with Crippen LogP contribution in [-0.4, -0.2) is 38.1 Å². The fourth-order valence-corrected chi connectivity index (χ4v) is 4.39. The van der Waals surface area contributed by atoms with Gasteiger partial charge in [0, 0.05) is 44.8 Å². The Morgan fingerprint density at radius 3 is 2.10 bits per heavy atom. The van der Waals surface area contributed by atoms with Gasteiger partial charge in [0.25, 0.3) is 0 Å². The molecule has 0 atom stereocenters. The van der Waals surface area contributed by atoms with Gasteiger partial charge in [-0.1, -0.05) is 12.1 Å². The number of hydrogen-bond donors (Lipinski definition) is 0. The van der Waals surface area contributed by atoms with Crippen LogP contribution in [0.15, 0.2) is 48.5 Å². The summed E-state index contributed by atoms with van der Waals surface area (Å²) in [6.45, 7) is 4.65. The molecule has 0 spiro atoms. The number of carbonyl (C=O) groups is 1. The van der Waals surface area contributed by atoms with Crippen molar-refractivity contribution in [2.24, 2.45) is 0 Å². The lowest BCUT2D eigenvalue weighted by atomic mass is 9.99. The van der Waals surface area contributed by atoms with Gasteiger partial charge >= 0.3 is 6.18 Å². The van der Waals surface area contributed by atoms with Crippen LogP contribution in [-0.2, 0) is 11.0 Å². The van der Waals surface area contributed by atoms with Gasteiger partial charge in [0.15, 0.2) is 0 Å². The molecule has 0 bridgehead atoms. The van der Waals surface area contributed by atoms with Crippen LogP contribution in [0.25, 0.3) is 0 Å². The molecule has 1 fully saturated rings. The van der Waals surface area contributed by atoms with Crippen molar-refractivity contribution in [1.29, 1.82) is 0 Å². The standard InChI is InChI=1S/C22H24F3N3O/c1-16(29)27-14-15-28(21-5-3-2-4-20(21)27)19-10-12-26(13-11-19)18-8-6-17(7-9-18)22(23,24)25/h2-9,19H,10-15H2,1H3. The third kappa shape index (κ3) is 3.91. The second-order valence-electron chi connectivity index (χ2n) is 7.62. The van der Waals surface area contributed by atoms with Gasteiger partial charge in [0.2, 0.25) is 5.91 Å². The molecule has 7 heteroatoms. The van der Waals surface area contributed by atoms with Crippen molar-refractivity contribution in [2.75, 3.05) is 40.9 Å². The number of nitrogens with zero attached hydrogens (tertiary/aromatic N) is 3. The third-order valence-electron chi connectivity index (χ3n) is 5.89. The Morgan fingerprint density at radius 2 is 1.52 bits per heavy atom. The number of para-hydroxylation sites is 2. The number of alkyl halides is 3. The zero-order chi connectivity index (χ0) is 20.6. The Morgan fingerprint density at radius 1 is 0.897 bits per heavy atom. The lowest BCUT2D eigenvalue weighted by molar-refractivity contribution is -0.137. The van der Waals surface area contributed by atoms with Gasteiger partial charge < -0.3 is 14.7 Å². The number of halogens is 3. The van der Waals surface area contributed by atoms with Crippen molar-refractivity contribution < 1.29 is 18.0 Å². The second-order valence-corrected chi connectivity index (χ2v) is 7.62. The van der Waals surface area contributed by atoms with E-state index in [1.54, 1.807) is 19.1 Å². The molecule has 0 radical (unpaired) electrons. The first kappa shape index (κ1) is 19.6. The molecule has 2 aromatic rings. The molecule has 4 rings (SSSR count). The van der Waals surface area contributed by atoms with Crippen molar-refractivity contribution in [2.45, 2.75) is 32.0 Å². The second kappa shape index (κ2) is 7.61. The summed E-state index contributed by atoms with van der Waals surface area (Å²) in [5, 5.41) is 0. The maximum absolute atomic E-state index is 12.8. The number of rotatable bonds is 2. The number of amides is 1. The lowest BCUT2D eigenvalue weighted by Crippen LogP contribution is -2.51. The number of hydrogen-bond acceptors (Lipinski definition) is 3. The number of fused-ring (bicyclic) bond motifs is 1. The van der Waals surface area contributed by atoms with E-state index in [4.69, 9.17) is 0 Å². The van der Waals surface area contributed by atoms with E-state index in [0.29, 0.717) is 12.6 Å². The Kier molecular flexibility index (Phi) is 5.15. The average Bonchev–Trinajstić information content (AvgIpc) is 2.72. The Hall–Kier alpha value is -2.70. The van der Waals surface area contributed by atoms with E-state index in [-0.39, 0.29) is 5.91 Å². The summed E-state index contributed by atoms with van der Waals surface area (Å²) in [5.41, 5.74) is 2.26. The predicted octanol–water partition coefficient (Wildman–Crippen LogP) is 4.55. The largest absolute Gasteiger partial charge is 0.416 e. The van der Waals surface area contributed by atoms with Crippen molar-refractivity contribution in [3.05, 3.63) is 54.1 Å². The summed E-state index contributed by atoms with van der Waals surface area (Å²) >= 11 is 0. The highest BCUT2D eigenvalue weighted by Gasteiger charge is 2.32. The van der Waals surface area contributed by atoms with E-state index in [2.05, 4.69) is 15.9 Å². The van der Waals surface area contributed by atoms with E-state index in [1.807, 2.05) is 23.1 Å². The van der Waals surface area contributed by atoms with E-state index >= 15 is 0 Å². The SMILES string of the molecule is CC(=O)N1CCN(C2CCN(c3ccc(C(F)(F)F)cc3)CC2)c2ccccc21. The summed E-state index contributed by atoms with van der Waals surface area (Å²) in [7, 11) is 0. The minimum atomic E-state index is -4.30. The van der Waals surface area contributed by atoms with Crippen LogP contribution in [0, 0.1) is 0 Å². The van der Waals surface area contributed by atoms with Crippen LogP contribution in [0.2, 0.25) is 0 Å². The summed E-state index contributed by atoms with van der Waals surface area (Å²) in [4.78, 5) is 18.3. The van der Waals surface area contributed by atoms with Gasteiger partial charge in [0.05, 0.1) is 16.9 Å². The normalized spacial score (nSPS) is 18.0. The number of anilines is 3. The summed E-state index contributed by atoms with van der Waals surface area (Å²) < 4.78 is 38.3. The van der Waals surface area contributed by atoms with Gasteiger partial charge in [-0.25, -0.2) is 0 Å². The van der Waals surface area contributed by atoms with Crippen LogP contribution in [0.3, 0.4) is 0 Å². The maximum Gasteiger partial charge on any atom is 0.416 e. The number of benzene rings is 2. The molecule has 0 unspecified atom stereocenters. The fourth-order valence-electron chi connectivity index (χ4n) is 4.39. The van der Waals surface area contributed by atoms with Crippen LogP contribution in [0.4, 0.5) is 30.2 Å². The first-order valence-electron chi connectivity index (χ1n) is 9.90. The van der Waals surface area contributed by atoms with E-state index < -0.39 is 11.7 Å². The molecular weight excluding hydrogens is 379 g/mol. The minimum absolute atomic E-state index is 0.0502. The van der Waals surface area contributed by atoms with Crippen molar-refractivity contribution in [1.82, 2.24) is 0 Å². The molecule has 1 saturated heterocycles. The maximum atomic E-state index is 12.8. The molecular formula is C22H24F3N3O. The summed E-state index contributed by atoms with van der Waals surface area (Å²) in [6.07, 6.45) is -2.45. The van der Waals surface area contributed by atoms with Crippen LogP contribution in [0.1, 0.15) is 25.3 Å². The van der Waals surface area contributed by atoms with Gasteiger partial charge in [-0.05, 0) is 49.2 Å². The molecule has 2 aliphatic heterocycles. The van der Waals surface area contributed by atoms with Crippen molar-refractivity contribution >= 4 is 23.0 Å². The Labute approximate surface area is 168 Å². The van der Waals surface area contributed by atoms with Gasteiger partial charge in [-0.3, -0.25) is 4.79 Å². The van der Waals surface area contributed by atoms with Crippen LogP contribution < -0.4 is 14.7 Å². The first-order valence-corrected chi connectivity index (χ1v) is 9.90. The molecule has 0 N–H and O–H groups in total. The molecule has 0 saturated carbocycles. The highest BCUT2D eigenvalue weighted by molar-refractivity contribution is 5.96. The molecule has 0 aromatic heterocycles. The van der Waals surface area contributed by atoms with E-state index in [0.717, 1.165) is 61.7 Å². The average molecular weight is 403 g/mol. The molecule has 154 valence electrons. The molecule has 4 nitrogen and oxygen atoms in total. The topological polar surface area (TPSA) is 26.8 Å². The van der Waals surface area contributed by atoms with Gasteiger partial charge in [-0.15, -0.1) is 0 Å². The summed E-state index contributed by atoms with van der Waals surface area (Å²) in [6, 6.07) is 13.8. The molecule has 29 heavy (non-hydrogen) atoms. The van der Waals surface area contributed by atoms with E-state index in [9.17, 15) is 18.0 Å². The molecule has 0 aliphatic carbocycles. The van der Waals surface area contributed by atoms with Crippen molar-refractivity contribution in [3.8, 4) is 0 Å². The van der Waals surface area contributed by atoms with Gasteiger partial charge in [-0.2, -0.15) is 13.2 Å². The quantitative estimate of drug-likeness (QED) is 0.736. The Bertz CT molecular complexity index is 874. The summed E-state index contributed by atoms with van der Waals surface area (Å²) in [5.74, 6) is 0.0502. The highest BCUT2D eigenvalue weighted by atomic mass is 19.4. The van der Waals surface area contributed by atoms with Crippen molar-refractivity contribution in [3.63, 3.8) is 0 Å². The number of carbonyl (C=O) groups excluding carboxylic acids is 1. The van der Waals surface area contributed by atoms with Crippen LogP contribution >= 0.6 is 0 Å². The highest BCUT2D eigenvalue weighted by Crippen LogP contribution is 2.37.